The van der Waals surface area contributed by atoms with E-state index in [2.05, 4.69) is 15.4 Å². The fraction of sp³-hybridized carbons (Fsp3) is 0.143. The van der Waals surface area contributed by atoms with Crippen molar-refractivity contribution < 1.29 is 12.8 Å². The van der Waals surface area contributed by atoms with Crippen LogP contribution in [-0.2, 0) is 16.6 Å². The number of nitrogens with zero attached hydrogens (tertiary/aromatic N) is 3. The van der Waals surface area contributed by atoms with Crippen LogP contribution < -0.4 is 5.32 Å². The Kier molecular flexibility index (Phi) is 4.53. The van der Waals surface area contributed by atoms with Crippen LogP contribution >= 0.6 is 23.2 Å². The lowest BCUT2D eigenvalue weighted by molar-refractivity contribution is 0.575. The maximum absolute atomic E-state index is 11.9. The molecule has 0 fully saturated rings. The van der Waals surface area contributed by atoms with E-state index in [4.69, 9.17) is 27.6 Å². The number of benzene rings is 1. The first kappa shape index (κ1) is 16.8. The summed E-state index contributed by atoms with van der Waals surface area (Å²) in [6, 6.07) is 8.41. The molecule has 0 saturated carbocycles. The van der Waals surface area contributed by atoms with Gasteiger partial charge in [0.25, 0.3) is 10.0 Å². The SMILES string of the molecule is CS(=O)(=O)n1nc(-c2ccco2)nc1NCc1c(Cl)cccc1Cl. The summed E-state index contributed by atoms with van der Waals surface area (Å²) in [5.74, 6) is 0.550. The third kappa shape index (κ3) is 3.40. The second-order valence-corrected chi connectivity index (χ2v) is 7.52. The van der Waals surface area contributed by atoms with Crippen LogP contribution in [-0.4, -0.2) is 28.8 Å². The maximum Gasteiger partial charge on any atom is 0.254 e. The van der Waals surface area contributed by atoms with Crippen molar-refractivity contribution in [1.82, 2.24) is 14.2 Å². The monoisotopic (exact) mass is 386 g/mol. The molecule has 0 spiro atoms. The molecule has 2 heterocycles. The average molecular weight is 387 g/mol. The summed E-state index contributed by atoms with van der Waals surface area (Å²) in [5, 5.41) is 7.81. The van der Waals surface area contributed by atoms with Crippen molar-refractivity contribution in [3.05, 3.63) is 52.2 Å². The molecule has 0 amide bonds. The Morgan fingerprint density at radius 3 is 2.50 bits per heavy atom. The van der Waals surface area contributed by atoms with Gasteiger partial charge >= 0.3 is 0 Å². The van der Waals surface area contributed by atoms with E-state index in [-0.39, 0.29) is 18.3 Å². The van der Waals surface area contributed by atoms with Gasteiger partial charge in [-0.1, -0.05) is 29.3 Å². The molecule has 0 unspecified atom stereocenters. The van der Waals surface area contributed by atoms with Crippen LogP contribution in [0.3, 0.4) is 0 Å². The lowest BCUT2D eigenvalue weighted by atomic mass is 10.2. The predicted molar refractivity (Wildman–Crippen MR) is 91.8 cm³/mol. The first-order valence-corrected chi connectivity index (χ1v) is 9.35. The molecular formula is C14H12Cl2N4O3S. The Morgan fingerprint density at radius 1 is 1.21 bits per heavy atom. The number of furan rings is 1. The van der Waals surface area contributed by atoms with E-state index in [9.17, 15) is 8.42 Å². The Labute approximate surface area is 148 Å². The van der Waals surface area contributed by atoms with E-state index in [1.54, 1.807) is 30.3 Å². The molecule has 3 aromatic rings. The second kappa shape index (κ2) is 6.46. The normalized spacial score (nSPS) is 11.6. The summed E-state index contributed by atoms with van der Waals surface area (Å²) in [5.41, 5.74) is 0.628. The number of nitrogens with one attached hydrogen (secondary N) is 1. The zero-order valence-electron chi connectivity index (χ0n) is 12.4. The molecule has 10 heteroatoms. The first-order chi connectivity index (χ1) is 11.4. The molecule has 0 aliphatic carbocycles. The molecule has 2 aromatic heterocycles. The Hall–Kier alpha value is -2.03. The average Bonchev–Trinajstić information content (AvgIpc) is 3.15. The number of hydrogen-bond donors (Lipinski definition) is 1. The zero-order chi connectivity index (χ0) is 17.3. The van der Waals surface area contributed by atoms with Gasteiger partial charge in [0.05, 0.1) is 12.5 Å². The summed E-state index contributed by atoms with van der Waals surface area (Å²) in [4.78, 5) is 4.18. The van der Waals surface area contributed by atoms with Gasteiger partial charge in [-0.2, -0.15) is 4.98 Å². The van der Waals surface area contributed by atoms with Crippen molar-refractivity contribution in [3.8, 4) is 11.6 Å². The molecule has 0 aliphatic heterocycles. The van der Waals surface area contributed by atoms with Gasteiger partial charge in [-0.25, -0.2) is 8.42 Å². The molecule has 0 atom stereocenters. The minimum atomic E-state index is -3.66. The molecule has 0 aliphatic rings. The summed E-state index contributed by atoms with van der Waals surface area (Å²) in [7, 11) is -3.66. The fourth-order valence-electron chi connectivity index (χ4n) is 2.02. The van der Waals surface area contributed by atoms with Crippen LogP contribution in [0.1, 0.15) is 5.56 Å². The van der Waals surface area contributed by atoms with Crippen LogP contribution in [0.15, 0.2) is 41.0 Å². The topological polar surface area (TPSA) is 90.0 Å². The van der Waals surface area contributed by atoms with E-state index in [1.807, 2.05) is 0 Å². The summed E-state index contributed by atoms with van der Waals surface area (Å²) in [6.45, 7) is 0.185. The highest BCUT2D eigenvalue weighted by Crippen LogP contribution is 2.26. The Bertz CT molecular complexity index is 948. The Balaban J connectivity index is 1.95. The molecule has 1 N–H and O–H groups in total. The van der Waals surface area contributed by atoms with Crippen LogP contribution in [0, 0.1) is 0 Å². The van der Waals surface area contributed by atoms with Gasteiger partial charge in [0.15, 0.2) is 5.76 Å². The third-order valence-corrected chi connectivity index (χ3v) is 4.71. The van der Waals surface area contributed by atoms with Gasteiger partial charge in [-0.15, -0.1) is 9.19 Å². The molecule has 0 bridgehead atoms. The van der Waals surface area contributed by atoms with Gasteiger partial charge in [0.1, 0.15) is 0 Å². The van der Waals surface area contributed by atoms with Crippen molar-refractivity contribution in [2.24, 2.45) is 0 Å². The van der Waals surface area contributed by atoms with E-state index in [0.717, 1.165) is 10.3 Å². The predicted octanol–water partition coefficient (Wildman–Crippen LogP) is 3.26. The molecular weight excluding hydrogens is 375 g/mol. The molecule has 0 saturated heterocycles. The highest BCUT2D eigenvalue weighted by atomic mass is 35.5. The highest BCUT2D eigenvalue weighted by Gasteiger charge is 2.20. The van der Waals surface area contributed by atoms with E-state index in [0.29, 0.717) is 21.4 Å². The molecule has 1 aromatic carbocycles. The minimum absolute atomic E-state index is 0.0416. The van der Waals surface area contributed by atoms with Gasteiger partial charge in [0, 0.05) is 22.2 Å². The van der Waals surface area contributed by atoms with E-state index >= 15 is 0 Å². The Morgan fingerprint density at radius 2 is 1.92 bits per heavy atom. The van der Waals surface area contributed by atoms with Crippen LogP contribution in [0.2, 0.25) is 10.0 Å². The quantitative estimate of drug-likeness (QED) is 0.723. The number of rotatable bonds is 5. The molecule has 0 radical (unpaired) electrons. The van der Waals surface area contributed by atoms with Crippen LogP contribution in [0.25, 0.3) is 11.6 Å². The number of halogens is 2. The van der Waals surface area contributed by atoms with Crippen LogP contribution in [0.4, 0.5) is 5.95 Å². The summed E-state index contributed by atoms with van der Waals surface area (Å²) < 4.78 is 29.8. The van der Waals surface area contributed by atoms with Crippen molar-refractivity contribution in [2.75, 3.05) is 11.6 Å². The van der Waals surface area contributed by atoms with E-state index in [1.165, 1.54) is 6.26 Å². The van der Waals surface area contributed by atoms with Crippen molar-refractivity contribution in [2.45, 2.75) is 6.54 Å². The van der Waals surface area contributed by atoms with Crippen molar-refractivity contribution in [3.63, 3.8) is 0 Å². The molecule has 7 nitrogen and oxygen atoms in total. The lowest BCUT2D eigenvalue weighted by Crippen LogP contribution is -2.16. The van der Waals surface area contributed by atoms with Gasteiger partial charge < -0.3 is 9.73 Å². The molecule has 3 rings (SSSR count). The minimum Gasteiger partial charge on any atom is -0.461 e. The molecule has 24 heavy (non-hydrogen) atoms. The fourth-order valence-corrected chi connectivity index (χ4v) is 3.19. The zero-order valence-corrected chi connectivity index (χ0v) is 14.7. The second-order valence-electron chi connectivity index (χ2n) is 4.90. The first-order valence-electron chi connectivity index (χ1n) is 6.74. The largest absolute Gasteiger partial charge is 0.461 e. The lowest BCUT2D eigenvalue weighted by Gasteiger charge is -2.09. The van der Waals surface area contributed by atoms with Crippen molar-refractivity contribution >= 4 is 39.2 Å². The smallest absolute Gasteiger partial charge is 0.254 e. The standard InChI is InChI=1S/C14H12Cl2N4O3S/c1-24(21,22)20-14(18-13(19-20)12-6-3-7-23-12)17-8-9-10(15)4-2-5-11(9)16/h2-7H,8H2,1H3,(H,17,18,19). The number of aromatic nitrogens is 3. The number of anilines is 1. The van der Waals surface area contributed by atoms with Crippen LogP contribution in [0.5, 0.6) is 0 Å². The maximum atomic E-state index is 11.9. The van der Waals surface area contributed by atoms with Gasteiger partial charge in [-0.05, 0) is 24.3 Å². The number of hydrogen-bond acceptors (Lipinski definition) is 6. The van der Waals surface area contributed by atoms with Gasteiger partial charge in [-0.3, -0.25) is 0 Å². The van der Waals surface area contributed by atoms with E-state index < -0.39 is 10.0 Å². The molecule has 126 valence electrons. The summed E-state index contributed by atoms with van der Waals surface area (Å²) in [6.07, 6.45) is 2.48. The van der Waals surface area contributed by atoms with Gasteiger partial charge in [0.2, 0.25) is 11.8 Å². The summed E-state index contributed by atoms with van der Waals surface area (Å²) >= 11 is 12.2. The van der Waals surface area contributed by atoms with Crippen molar-refractivity contribution in [1.29, 1.82) is 0 Å². The third-order valence-electron chi connectivity index (χ3n) is 3.12. The highest BCUT2D eigenvalue weighted by molar-refractivity contribution is 7.89.